The highest BCUT2D eigenvalue weighted by Crippen LogP contribution is 2.23. The fraction of sp³-hybridized carbons (Fsp3) is 0.333. The van der Waals surface area contributed by atoms with E-state index in [2.05, 4.69) is 29.8 Å². The van der Waals surface area contributed by atoms with Crippen LogP contribution in [0, 0.1) is 12.8 Å². The van der Waals surface area contributed by atoms with Gasteiger partial charge in [-0.2, -0.15) is 0 Å². The van der Waals surface area contributed by atoms with Crippen LogP contribution >= 0.6 is 0 Å². The monoisotopic (exact) mass is 353 g/mol. The minimum atomic E-state index is -0.269. The summed E-state index contributed by atoms with van der Waals surface area (Å²) in [6, 6.07) is 15.0. The second-order valence-corrected chi connectivity index (χ2v) is 6.66. The molecule has 5 nitrogen and oxygen atoms in total. The van der Waals surface area contributed by atoms with Crippen molar-refractivity contribution in [3.63, 3.8) is 0 Å². The van der Waals surface area contributed by atoms with Gasteiger partial charge in [-0.25, -0.2) is 4.79 Å². The summed E-state index contributed by atoms with van der Waals surface area (Å²) in [7, 11) is 0. The van der Waals surface area contributed by atoms with Gasteiger partial charge in [-0.3, -0.25) is 4.79 Å². The average Bonchev–Trinajstić information content (AvgIpc) is 2.62. The molecule has 0 aliphatic rings. The molecule has 0 saturated heterocycles. The quantitative estimate of drug-likeness (QED) is 0.694. The molecule has 0 aliphatic carbocycles. The van der Waals surface area contributed by atoms with Crippen LogP contribution in [0.3, 0.4) is 0 Å². The van der Waals surface area contributed by atoms with Crippen molar-refractivity contribution in [3.8, 4) is 0 Å². The number of anilines is 2. The van der Waals surface area contributed by atoms with Gasteiger partial charge in [-0.05, 0) is 36.1 Å². The zero-order chi connectivity index (χ0) is 19.1. The Bertz CT molecular complexity index is 757. The van der Waals surface area contributed by atoms with Gasteiger partial charge in [0.05, 0.1) is 6.04 Å². The number of amides is 3. The lowest BCUT2D eigenvalue weighted by Crippen LogP contribution is -2.35. The Morgan fingerprint density at radius 3 is 2.31 bits per heavy atom. The molecule has 3 N–H and O–H groups in total. The highest BCUT2D eigenvalue weighted by molar-refractivity contribution is 5.94. The predicted octanol–water partition coefficient (Wildman–Crippen LogP) is 4.86. The molecule has 2 rings (SSSR count). The molecule has 0 aliphatic heterocycles. The maximum Gasteiger partial charge on any atom is 0.319 e. The second kappa shape index (κ2) is 9.04. The summed E-state index contributed by atoms with van der Waals surface area (Å²) in [6.07, 6.45) is 0.407. The van der Waals surface area contributed by atoms with E-state index in [1.807, 2.05) is 49.4 Å². The van der Waals surface area contributed by atoms with Gasteiger partial charge in [0.25, 0.3) is 0 Å². The summed E-state index contributed by atoms with van der Waals surface area (Å²) in [6.45, 7) is 7.86. The number of hydrogen-bond donors (Lipinski definition) is 3. The Labute approximate surface area is 155 Å². The molecule has 1 unspecified atom stereocenters. The second-order valence-electron chi connectivity index (χ2n) is 6.66. The SMILES string of the molecule is CCC(=O)Nc1ccc(C)c(NC(=O)NC(c2ccccc2)C(C)C)c1. The Morgan fingerprint density at radius 1 is 1.00 bits per heavy atom. The topological polar surface area (TPSA) is 70.2 Å². The van der Waals surface area contributed by atoms with Crippen molar-refractivity contribution < 1.29 is 9.59 Å². The van der Waals surface area contributed by atoms with Crippen LogP contribution in [0.4, 0.5) is 16.2 Å². The maximum atomic E-state index is 12.5. The van der Waals surface area contributed by atoms with Crippen LogP contribution in [0.2, 0.25) is 0 Å². The lowest BCUT2D eigenvalue weighted by atomic mass is 9.96. The average molecular weight is 353 g/mol. The van der Waals surface area contributed by atoms with Crippen LogP contribution in [-0.4, -0.2) is 11.9 Å². The predicted molar refractivity (Wildman–Crippen MR) is 106 cm³/mol. The van der Waals surface area contributed by atoms with E-state index in [0.29, 0.717) is 17.8 Å². The van der Waals surface area contributed by atoms with E-state index in [9.17, 15) is 9.59 Å². The number of carbonyl (C=O) groups is 2. The van der Waals surface area contributed by atoms with Crippen molar-refractivity contribution in [2.75, 3.05) is 10.6 Å². The molecule has 5 heteroatoms. The standard InChI is InChI=1S/C21H27N3O2/c1-5-19(25)22-17-12-11-15(4)18(13-17)23-21(26)24-20(14(2)3)16-9-7-6-8-10-16/h6-14,20H,5H2,1-4H3,(H,22,25)(H2,23,24,26). The van der Waals surface area contributed by atoms with Crippen LogP contribution < -0.4 is 16.0 Å². The van der Waals surface area contributed by atoms with Crippen LogP contribution in [0.5, 0.6) is 0 Å². The smallest absolute Gasteiger partial charge is 0.319 e. The first-order valence-electron chi connectivity index (χ1n) is 8.93. The minimum absolute atomic E-state index is 0.0618. The van der Waals surface area contributed by atoms with Crippen molar-refractivity contribution >= 4 is 23.3 Å². The molecule has 0 aromatic heterocycles. The van der Waals surface area contributed by atoms with E-state index in [4.69, 9.17) is 0 Å². The van der Waals surface area contributed by atoms with Crippen LogP contribution in [-0.2, 0) is 4.79 Å². The summed E-state index contributed by atoms with van der Waals surface area (Å²) in [4.78, 5) is 24.1. The van der Waals surface area contributed by atoms with Crippen molar-refractivity contribution in [1.82, 2.24) is 5.32 Å². The summed E-state index contributed by atoms with van der Waals surface area (Å²) >= 11 is 0. The van der Waals surface area contributed by atoms with Gasteiger partial charge in [0.1, 0.15) is 0 Å². The van der Waals surface area contributed by atoms with Gasteiger partial charge in [-0.15, -0.1) is 0 Å². The van der Waals surface area contributed by atoms with E-state index in [-0.39, 0.29) is 23.9 Å². The van der Waals surface area contributed by atoms with Crippen molar-refractivity contribution in [2.45, 2.75) is 40.2 Å². The van der Waals surface area contributed by atoms with Crippen molar-refractivity contribution in [1.29, 1.82) is 0 Å². The lowest BCUT2D eigenvalue weighted by Gasteiger charge is -2.23. The first kappa shape index (κ1) is 19.5. The third-order valence-electron chi connectivity index (χ3n) is 4.20. The van der Waals surface area contributed by atoms with Crippen molar-refractivity contribution in [2.24, 2.45) is 5.92 Å². The van der Waals surface area contributed by atoms with E-state index in [0.717, 1.165) is 11.1 Å². The molecular weight excluding hydrogens is 326 g/mol. The number of aryl methyl sites for hydroxylation is 1. The zero-order valence-electron chi connectivity index (χ0n) is 15.8. The molecule has 0 radical (unpaired) electrons. The number of rotatable bonds is 6. The van der Waals surface area contributed by atoms with Crippen molar-refractivity contribution in [3.05, 3.63) is 59.7 Å². The normalized spacial score (nSPS) is 11.7. The Hall–Kier alpha value is -2.82. The fourth-order valence-corrected chi connectivity index (χ4v) is 2.68. The van der Waals surface area contributed by atoms with Gasteiger partial charge >= 0.3 is 6.03 Å². The molecule has 0 spiro atoms. The number of urea groups is 1. The molecule has 138 valence electrons. The summed E-state index contributed by atoms with van der Waals surface area (Å²) in [5, 5.41) is 8.74. The molecular formula is C21H27N3O2. The first-order valence-corrected chi connectivity index (χ1v) is 8.93. The van der Waals surface area contributed by atoms with Crippen LogP contribution in [0.15, 0.2) is 48.5 Å². The Balaban J connectivity index is 2.11. The van der Waals surface area contributed by atoms with Gasteiger partial charge < -0.3 is 16.0 Å². The first-order chi connectivity index (χ1) is 12.4. The van der Waals surface area contributed by atoms with E-state index >= 15 is 0 Å². The van der Waals surface area contributed by atoms with Crippen LogP contribution in [0.25, 0.3) is 0 Å². The van der Waals surface area contributed by atoms with Gasteiger partial charge in [0.15, 0.2) is 0 Å². The van der Waals surface area contributed by atoms with Gasteiger partial charge in [0.2, 0.25) is 5.91 Å². The molecule has 0 fully saturated rings. The van der Waals surface area contributed by atoms with Crippen LogP contribution in [0.1, 0.15) is 44.4 Å². The molecule has 1 atom stereocenters. The zero-order valence-corrected chi connectivity index (χ0v) is 15.8. The third-order valence-corrected chi connectivity index (χ3v) is 4.20. The maximum absolute atomic E-state index is 12.5. The number of carbonyl (C=O) groups excluding carboxylic acids is 2. The van der Waals surface area contributed by atoms with Gasteiger partial charge in [-0.1, -0.05) is 57.2 Å². The molecule has 0 bridgehead atoms. The summed E-state index contributed by atoms with van der Waals surface area (Å²) < 4.78 is 0. The number of nitrogens with one attached hydrogen (secondary N) is 3. The largest absolute Gasteiger partial charge is 0.331 e. The van der Waals surface area contributed by atoms with E-state index in [1.54, 1.807) is 13.0 Å². The Morgan fingerprint density at radius 2 is 1.69 bits per heavy atom. The Kier molecular flexibility index (Phi) is 6.78. The van der Waals surface area contributed by atoms with E-state index < -0.39 is 0 Å². The molecule has 2 aromatic rings. The number of hydrogen-bond acceptors (Lipinski definition) is 2. The van der Waals surface area contributed by atoms with Gasteiger partial charge in [0, 0.05) is 17.8 Å². The third kappa shape index (κ3) is 5.34. The highest BCUT2D eigenvalue weighted by atomic mass is 16.2. The molecule has 0 saturated carbocycles. The van der Waals surface area contributed by atoms with E-state index in [1.165, 1.54) is 0 Å². The summed E-state index contributed by atoms with van der Waals surface area (Å²) in [5.41, 5.74) is 3.34. The molecule has 26 heavy (non-hydrogen) atoms. The fourth-order valence-electron chi connectivity index (χ4n) is 2.68. The number of benzene rings is 2. The minimum Gasteiger partial charge on any atom is -0.331 e. The molecule has 0 heterocycles. The molecule has 3 amide bonds. The molecule has 2 aromatic carbocycles. The lowest BCUT2D eigenvalue weighted by molar-refractivity contribution is -0.115. The highest BCUT2D eigenvalue weighted by Gasteiger charge is 2.18. The summed E-state index contributed by atoms with van der Waals surface area (Å²) in [5.74, 6) is 0.188.